The fourth-order valence-corrected chi connectivity index (χ4v) is 29.8. The van der Waals surface area contributed by atoms with E-state index >= 15 is 0 Å². The summed E-state index contributed by atoms with van der Waals surface area (Å²) in [7, 11) is -9.09. The predicted molar refractivity (Wildman–Crippen MR) is 332 cm³/mol. The lowest BCUT2D eigenvalue weighted by Gasteiger charge is -2.56. The summed E-state index contributed by atoms with van der Waals surface area (Å²) in [6, 6.07) is 5.83. The van der Waals surface area contributed by atoms with E-state index in [2.05, 4.69) is 151 Å². The average molecular weight is 1210 g/mol. The predicted octanol–water partition coefficient (Wildman–Crippen LogP) is 18.9. The standard InChI is InChI=1S/C60H109Cl3O10Si4/c1-24-59(20,73-74(22,23)58(17,18)19)52(31-29-34-66-57(65)55-48(62)36-46(61)37-49(55)63)69-54(64)32-33-60(21)53(72-75(25-2,26-3)27-4)39-50-56(70-60)51(71-77(43(11)12,44(13)14)45(15)16)38-47(68-50)30-28-35-67-76(40(5)6,41(7)8)42(9)10/h24,36-37,40-45,47,50-53,56H,1,25-35,38-39H2,2-23H3/t47-,50-,51+,52-,53+,56+,59+,60-/m1/s1. The number of benzene rings is 1. The topological polar surface area (TPSA) is 108 Å². The van der Waals surface area contributed by atoms with E-state index in [1.807, 2.05) is 6.92 Å². The molecule has 0 bridgehead atoms. The summed E-state index contributed by atoms with van der Waals surface area (Å²) in [6.45, 7) is 54.9. The third kappa shape index (κ3) is 17.0. The summed E-state index contributed by atoms with van der Waals surface area (Å²) in [5, 5.41) is 0.375. The third-order valence-electron chi connectivity index (χ3n) is 18.7. The molecule has 0 amide bonds. The Morgan fingerprint density at radius 3 is 1.77 bits per heavy atom. The van der Waals surface area contributed by atoms with Crippen LogP contribution >= 0.6 is 34.8 Å². The van der Waals surface area contributed by atoms with Crippen molar-refractivity contribution >= 4 is 80.0 Å². The van der Waals surface area contributed by atoms with Crippen molar-refractivity contribution in [2.45, 2.75) is 307 Å². The van der Waals surface area contributed by atoms with E-state index in [4.69, 9.17) is 71.5 Å². The van der Waals surface area contributed by atoms with Crippen LogP contribution in [0.5, 0.6) is 0 Å². The molecule has 1 aromatic carbocycles. The Balaban J connectivity index is 2.05. The Hall–Kier alpha value is -0.602. The highest BCUT2D eigenvalue weighted by atomic mass is 35.5. The molecule has 17 heteroatoms. The molecule has 77 heavy (non-hydrogen) atoms. The van der Waals surface area contributed by atoms with Crippen molar-refractivity contribution in [1.29, 1.82) is 0 Å². The van der Waals surface area contributed by atoms with E-state index in [9.17, 15) is 9.59 Å². The normalized spacial score (nSPS) is 23.2. The maximum absolute atomic E-state index is 14.7. The molecule has 0 aliphatic carbocycles. The van der Waals surface area contributed by atoms with Gasteiger partial charge in [-0.15, -0.1) is 6.58 Å². The molecule has 0 radical (unpaired) electrons. The van der Waals surface area contributed by atoms with Crippen LogP contribution in [0.1, 0.15) is 200 Å². The van der Waals surface area contributed by atoms with Crippen LogP contribution in [0, 0.1) is 0 Å². The van der Waals surface area contributed by atoms with E-state index in [-0.39, 0.29) is 70.2 Å². The maximum atomic E-state index is 14.7. The summed E-state index contributed by atoms with van der Waals surface area (Å²) in [6.07, 6.45) is 4.14. The Bertz CT molecular complexity index is 1970. The lowest BCUT2D eigenvalue weighted by Crippen LogP contribution is -2.66. The monoisotopic (exact) mass is 1210 g/mol. The Morgan fingerprint density at radius 1 is 0.779 bits per heavy atom. The number of hydrogen-bond donors (Lipinski definition) is 0. The van der Waals surface area contributed by atoms with Gasteiger partial charge in [-0.25, -0.2) is 4.79 Å². The van der Waals surface area contributed by atoms with Gasteiger partial charge in [0.15, 0.2) is 25.0 Å². The van der Waals surface area contributed by atoms with Gasteiger partial charge in [-0.2, -0.15) is 0 Å². The van der Waals surface area contributed by atoms with E-state index in [1.165, 1.54) is 12.1 Å². The van der Waals surface area contributed by atoms with Crippen molar-refractivity contribution in [3.63, 3.8) is 0 Å². The molecule has 0 saturated carbocycles. The molecule has 10 nitrogen and oxygen atoms in total. The highest BCUT2D eigenvalue weighted by Gasteiger charge is 2.57. The molecule has 2 saturated heterocycles. The summed E-state index contributed by atoms with van der Waals surface area (Å²) < 4.78 is 56.7. The second-order valence-corrected chi connectivity index (χ2v) is 48.1. The largest absolute Gasteiger partial charge is 0.462 e. The summed E-state index contributed by atoms with van der Waals surface area (Å²) >= 11 is 18.8. The van der Waals surface area contributed by atoms with E-state index < -0.39 is 56.5 Å². The number of carbonyl (C=O) groups is 2. The number of esters is 2. The molecule has 2 fully saturated rings. The SMILES string of the molecule is C=C[C@](C)(O[Si](C)(C)C(C)(C)C)[C@@H](CCCOC(=O)c1c(Cl)cc(Cl)cc1Cl)OC(=O)CC[C@@]1(C)O[C@@H]2[C@@H](O[Si](C(C)C)(C(C)C)C(C)C)C[C@@H](CCCO[Si](C(C)C)(C(C)C)C(C)C)O[C@@H]2C[C@@H]1O[Si](CC)(CC)CC. The molecule has 2 aliphatic heterocycles. The minimum Gasteiger partial charge on any atom is -0.462 e. The van der Waals surface area contributed by atoms with Gasteiger partial charge in [0.2, 0.25) is 8.32 Å². The summed E-state index contributed by atoms with van der Waals surface area (Å²) in [5.41, 5.74) is 0.822. The lowest BCUT2D eigenvalue weighted by atomic mass is 9.81. The number of carbonyl (C=O) groups excluding carboxylic acids is 2. The number of ether oxygens (including phenoxy) is 4. The first-order chi connectivity index (χ1) is 35.5. The molecule has 0 N–H and O–H groups in total. The van der Waals surface area contributed by atoms with Gasteiger partial charge in [-0.05, 0) is 128 Å². The first-order valence-electron chi connectivity index (χ1n) is 29.7. The van der Waals surface area contributed by atoms with Crippen LogP contribution in [0.4, 0.5) is 0 Å². The van der Waals surface area contributed by atoms with Gasteiger partial charge in [0.25, 0.3) is 0 Å². The van der Waals surface area contributed by atoms with E-state index in [1.54, 1.807) is 6.08 Å². The number of hydrogen-bond acceptors (Lipinski definition) is 10. The van der Waals surface area contributed by atoms with Crippen molar-refractivity contribution in [2.75, 3.05) is 13.2 Å². The van der Waals surface area contributed by atoms with Crippen molar-refractivity contribution in [3.05, 3.63) is 45.4 Å². The third-order valence-corrected chi connectivity index (χ3v) is 41.0. The van der Waals surface area contributed by atoms with E-state index in [0.717, 1.165) is 44.0 Å². The Morgan fingerprint density at radius 2 is 1.30 bits per heavy atom. The van der Waals surface area contributed by atoms with Crippen molar-refractivity contribution in [1.82, 2.24) is 0 Å². The molecule has 0 spiro atoms. The zero-order valence-electron chi connectivity index (χ0n) is 52.3. The van der Waals surface area contributed by atoms with Gasteiger partial charge in [0.1, 0.15) is 17.8 Å². The molecule has 3 rings (SSSR count). The highest BCUT2D eigenvalue weighted by Crippen LogP contribution is 2.50. The van der Waals surface area contributed by atoms with Crippen LogP contribution < -0.4 is 0 Å². The van der Waals surface area contributed by atoms with Crippen molar-refractivity contribution in [2.24, 2.45) is 0 Å². The molecule has 1 aromatic rings. The summed E-state index contributed by atoms with van der Waals surface area (Å²) in [4.78, 5) is 27.9. The molecule has 446 valence electrons. The van der Waals surface area contributed by atoms with Gasteiger partial charge >= 0.3 is 11.9 Å². The minimum atomic E-state index is -2.45. The molecular formula is C60H109Cl3O10Si4. The van der Waals surface area contributed by atoms with Gasteiger partial charge < -0.3 is 36.7 Å². The fourth-order valence-electron chi connectivity index (χ4n) is 13.1. The van der Waals surface area contributed by atoms with Crippen LogP contribution in [-0.2, 0) is 41.4 Å². The molecule has 8 atom stereocenters. The zero-order chi connectivity index (χ0) is 58.9. The number of fused-ring (bicyclic) bond motifs is 1. The molecule has 0 unspecified atom stereocenters. The van der Waals surface area contributed by atoms with Gasteiger partial charge in [-0.1, -0.05) is 166 Å². The molecule has 0 aromatic heterocycles. The van der Waals surface area contributed by atoms with Crippen LogP contribution in [0.25, 0.3) is 0 Å². The number of rotatable bonds is 31. The molecule has 2 aliphatic rings. The quantitative estimate of drug-likeness (QED) is 0.0309. The zero-order valence-corrected chi connectivity index (χ0v) is 58.5. The van der Waals surface area contributed by atoms with Crippen molar-refractivity contribution < 1.29 is 46.2 Å². The van der Waals surface area contributed by atoms with Crippen LogP contribution in [0.3, 0.4) is 0 Å². The fraction of sp³-hybridized carbons (Fsp3) is 0.833. The van der Waals surface area contributed by atoms with Gasteiger partial charge in [0, 0.05) is 30.9 Å². The number of halogens is 3. The van der Waals surface area contributed by atoms with E-state index in [0.29, 0.717) is 64.0 Å². The lowest BCUT2D eigenvalue weighted by molar-refractivity contribution is -0.279. The first kappa shape index (κ1) is 70.7. The van der Waals surface area contributed by atoms with Crippen LogP contribution in [-0.4, -0.2) is 106 Å². The second kappa shape index (κ2) is 29.3. The van der Waals surface area contributed by atoms with Crippen LogP contribution in [0.2, 0.25) is 84.6 Å². The van der Waals surface area contributed by atoms with Gasteiger partial charge in [0.05, 0.1) is 52.2 Å². The second-order valence-electron chi connectivity index (χ2n) is 26.5. The Labute approximate surface area is 489 Å². The first-order valence-corrected chi connectivity index (χ1v) is 40.5. The molecule has 2 heterocycles. The van der Waals surface area contributed by atoms with Crippen LogP contribution in [0.15, 0.2) is 24.8 Å². The Kier molecular flexibility index (Phi) is 26.9. The average Bonchev–Trinajstić information content (AvgIpc) is 3.31. The smallest absolute Gasteiger partial charge is 0.341 e. The maximum Gasteiger partial charge on any atom is 0.341 e. The summed E-state index contributed by atoms with van der Waals surface area (Å²) in [5.74, 6) is -1.05. The van der Waals surface area contributed by atoms with Gasteiger partial charge in [-0.3, -0.25) is 4.79 Å². The highest BCUT2D eigenvalue weighted by molar-refractivity contribution is 6.78. The molecular weight excluding hydrogens is 1100 g/mol. The van der Waals surface area contributed by atoms with Crippen molar-refractivity contribution in [3.8, 4) is 0 Å². The minimum absolute atomic E-state index is 0.0199.